The Kier molecular flexibility index (Phi) is 5.87. The van der Waals surface area contributed by atoms with Crippen LogP contribution in [0.1, 0.15) is 17.7 Å². The SMILES string of the molecule is Cc1sc(NC(=O)C2CCCN2S(=O)(=O)N(C)C)nc1-c1cccc(Cl)c1. The van der Waals surface area contributed by atoms with E-state index in [1.807, 2.05) is 25.1 Å². The van der Waals surface area contributed by atoms with Crippen LogP contribution < -0.4 is 5.32 Å². The molecule has 3 rings (SSSR count). The number of anilines is 1. The highest BCUT2D eigenvalue weighted by Crippen LogP contribution is 2.32. The molecule has 0 saturated carbocycles. The van der Waals surface area contributed by atoms with E-state index in [0.717, 1.165) is 20.4 Å². The third-order valence-corrected chi connectivity index (χ3v) is 7.46. The molecule has 27 heavy (non-hydrogen) atoms. The van der Waals surface area contributed by atoms with Crippen molar-refractivity contribution in [2.75, 3.05) is 26.0 Å². The van der Waals surface area contributed by atoms with Crippen molar-refractivity contribution in [3.8, 4) is 11.3 Å². The molecule has 1 aliphatic heterocycles. The molecule has 2 aromatic rings. The smallest absolute Gasteiger partial charge is 0.282 e. The summed E-state index contributed by atoms with van der Waals surface area (Å²) in [5.41, 5.74) is 1.62. The summed E-state index contributed by atoms with van der Waals surface area (Å²) in [5, 5.41) is 3.84. The number of nitrogens with one attached hydrogen (secondary N) is 1. The normalized spacial score (nSPS) is 18.2. The summed E-state index contributed by atoms with van der Waals surface area (Å²) in [7, 11) is -0.715. The van der Waals surface area contributed by atoms with Crippen LogP contribution >= 0.6 is 22.9 Å². The molecule has 1 aromatic carbocycles. The lowest BCUT2D eigenvalue weighted by molar-refractivity contribution is -0.119. The molecule has 0 aliphatic carbocycles. The molecule has 1 aromatic heterocycles. The Hall–Kier alpha value is -1.52. The summed E-state index contributed by atoms with van der Waals surface area (Å²) < 4.78 is 27.2. The van der Waals surface area contributed by atoms with E-state index in [9.17, 15) is 13.2 Å². The van der Waals surface area contributed by atoms with E-state index in [4.69, 9.17) is 11.6 Å². The Morgan fingerprint density at radius 1 is 1.41 bits per heavy atom. The number of halogens is 1. The number of carbonyl (C=O) groups is 1. The maximum Gasteiger partial charge on any atom is 0.282 e. The van der Waals surface area contributed by atoms with Crippen LogP contribution in [0.25, 0.3) is 11.3 Å². The molecule has 1 N–H and O–H groups in total. The molecule has 1 saturated heterocycles. The van der Waals surface area contributed by atoms with Crippen LogP contribution in [0.4, 0.5) is 5.13 Å². The van der Waals surface area contributed by atoms with Crippen LogP contribution in [0.15, 0.2) is 24.3 Å². The third kappa shape index (κ3) is 4.17. The standard InChI is InChI=1S/C17H21ClN4O3S2/c1-11-15(12-6-4-7-13(18)10-12)19-17(26-11)20-16(23)14-8-5-9-22(14)27(24,25)21(2)3/h4,6-7,10,14H,5,8-9H2,1-3H3,(H,19,20,23). The highest BCUT2D eigenvalue weighted by Gasteiger charge is 2.40. The fraction of sp³-hybridized carbons (Fsp3) is 0.412. The molecule has 146 valence electrons. The molecule has 1 atom stereocenters. The Morgan fingerprint density at radius 3 is 2.81 bits per heavy atom. The van der Waals surface area contributed by atoms with Gasteiger partial charge in [-0.3, -0.25) is 4.79 Å². The largest absolute Gasteiger partial charge is 0.301 e. The minimum Gasteiger partial charge on any atom is -0.301 e. The number of hydrogen-bond acceptors (Lipinski definition) is 5. The predicted octanol–water partition coefficient (Wildman–Crippen LogP) is 2.98. The van der Waals surface area contributed by atoms with Gasteiger partial charge in [0.15, 0.2) is 5.13 Å². The van der Waals surface area contributed by atoms with Crippen molar-refractivity contribution in [2.24, 2.45) is 0 Å². The molecule has 1 unspecified atom stereocenters. The van der Waals surface area contributed by atoms with Crippen molar-refractivity contribution < 1.29 is 13.2 Å². The van der Waals surface area contributed by atoms with Gasteiger partial charge in [0.1, 0.15) is 6.04 Å². The number of thiazole rings is 1. The lowest BCUT2D eigenvalue weighted by atomic mass is 10.1. The first-order valence-electron chi connectivity index (χ1n) is 8.43. The van der Waals surface area contributed by atoms with Crippen molar-refractivity contribution in [3.05, 3.63) is 34.2 Å². The molecule has 10 heteroatoms. The molecule has 0 radical (unpaired) electrons. The van der Waals surface area contributed by atoms with Crippen LogP contribution in [-0.4, -0.2) is 54.6 Å². The van der Waals surface area contributed by atoms with E-state index in [2.05, 4.69) is 10.3 Å². The topological polar surface area (TPSA) is 82.6 Å². The Balaban J connectivity index is 1.80. The maximum absolute atomic E-state index is 12.7. The summed E-state index contributed by atoms with van der Waals surface area (Å²) in [6, 6.07) is 6.63. The van der Waals surface area contributed by atoms with E-state index in [1.165, 1.54) is 29.7 Å². The molecule has 1 amide bonds. The quantitative estimate of drug-likeness (QED) is 0.793. The van der Waals surface area contributed by atoms with Crippen molar-refractivity contribution in [3.63, 3.8) is 0 Å². The molecule has 1 aliphatic rings. The van der Waals surface area contributed by atoms with Gasteiger partial charge < -0.3 is 5.32 Å². The minimum absolute atomic E-state index is 0.337. The molecule has 1 fully saturated rings. The maximum atomic E-state index is 12.7. The Bertz CT molecular complexity index is 959. The average molecular weight is 429 g/mol. The Labute approximate surface area is 168 Å². The molecular formula is C17H21ClN4O3S2. The fourth-order valence-corrected chi connectivity index (χ4v) is 5.36. The molecular weight excluding hydrogens is 408 g/mol. The zero-order valence-corrected chi connectivity index (χ0v) is 17.7. The van der Waals surface area contributed by atoms with Gasteiger partial charge in [0.05, 0.1) is 5.69 Å². The van der Waals surface area contributed by atoms with Gasteiger partial charge >= 0.3 is 0 Å². The first kappa shape index (κ1) is 20.2. The van der Waals surface area contributed by atoms with Gasteiger partial charge in [-0.15, -0.1) is 11.3 Å². The number of rotatable bonds is 5. The molecule has 0 bridgehead atoms. The summed E-state index contributed by atoms with van der Waals surface area (Å²) in [4.78, 5) is 18.2. The van der Waals surface area contributed by atoms with Crippen molar-refractivity contribution in [1.29, 1.82) is 0 Å². The second-order valence-corrected chi connectivity index (χ2v) is 10.2. The minimum atomic E-state index is -3.64. The van der Waals surface area contributed by atoms with Crippen LogP contribution in [0, 0.1) is 6.92 Å². The second-order valence-electron chi connectivity index (χ2n) is 6.48. The Morgan fingerprint density at radius 2 is 2.15 bits per heavy atom. The second kappa shape index (κ2) is 7.84. The molecule has 7 nitrogen and oxygen atoms in total. The van der Waals surface area contributed by atoms with Crippen molar-refractivity contribution >= 4 is 44.2 Å². The number of amides is 1. The summed E-state index contributed by atoms with van der Waals surface area (Å²) >= 11 is 7.40. The van der Waals surface area contributed by atoms with E-state index >= 15 is 0 Å². The van der Waals surface area contributed by atoms with Crippen LogP contribution in [0.3, 0.4) is 0 Å². The zero-order valence-electron chi connectivity index (χ0n) is 15.3. The van der Waals surface area contributed by atoms with Gasteiger partial charge in [-0.05, 0) is 31.9 Å². The van der Waals surface area contributed by atoms with Crippen LogP contribution in [0.2, 0.25) is 5.02 Å². The summed E-state index contributed by atoms with van der Waals surface area (Å²) in [6.07, 6.45) is 1.14. The van der Waals surface area contributed by atoms with E-state index in [0.29, 0.717) is 29.5 Å². The number of hydrogen-bond donors (Lipinski definition) is 1. The van der Waals surface area contributed by atoms with E-state index in [1.54, 1.807) is 6.07 Å². The molecule has 0 spiro atoms. The lowest BCUT2D eigenvalue weighted by Crippen LogP contribution is -2.47. The van der Waals surface area contributed by atoms with Gasteiger partial charge in [0, 0.05) is 36.1 Å². The van der Waals surface area contributed by atoms with Gasteiger partial charge in [0.25, 0.3) is 10.2 Å². The summed E-state index contributed by atoms with van der Waals surface area (Å²) in [6.45, 7) is 2.26. The summed E-state index contributed by atoms with van der Waals surface area (Å²) in [5.74, 6) is -0.357. The van der Waals surface area contributed by atoms with Crippen molar-refractivity contribution in [1.82, 2.24) is 13.6 Å². The van der Waals surface area contributed by atoms with Crippen molar-refractivity contribution in [2.45, 2.75) is 25.8 Å². The van der Waals surface area contributed by atoms with Gasteiger partial charge in [-0.2, -0.15) is 17.0 Å². The van der Waals surface area contributed by atoms with Crippen LogP contribution in [0.5, 0.6) is 0 Å². The number of aryl methyl sites for hydroxylation is 1. The number of benzene rings is 1. The van der Waals surface area contributed by atoms with Gasteiger partial charge in [-0.1, -0.05) is 23.7 Å². The van der Waals surface area contributed by atoms with Gasteiger partial charge in [0.2, 0.25) is 5.91 Å². The monoisotopic (exact) mass is 428 g/mol. The first-order valence-corrected chi connectivity index (χ1v) is 11.0. The molecule has 2 heterocycles. The lowest BCUT2D eigenvalue weighted by Gasteiger charge is -2.25. The van der Waals surface area contributed by atoms with E-state index < -0.39 is 16.3 Å². The predicted molar refractivity (Wildman–Crippen MR) is 108 cm³/mol. The number of nitrogens with zero attached hydrogens (tertiary/aromatic N) is 3. The number of carbonyl (C=O) groups excluding carboxylic acids is 1. The first-order chi connectivity index (χ1) is 12.7. The third-order valence-electron chi connectivity index (χ3n) is 4.39. The zero-order chi connectivity index (χ0) is 19.8. The average Bonchev–Trinajstić information content (AvgIpc) is 3.22. The highest BCUT2D eigenvalue weighted by molar-refractivity contribution is 7.86. The van der Waals surface area contributed by atoms with Gasteiger partial charge in [-0.25, -0.2) is 4.98 Å². The van der Waals surface area contributed by atoms with Crippen LogP contribution in [-0.2, 0) is 15.0 Å². The highest BCUT2D eigenvalue weighted by atomic mass is 35.5. The van der Waals surface area contributed by atoms with E-state index in [-0.39, 0.29) is 5.91 Å². The fourth-order valence-electron chi connectivity index (χ4n) is 3.03. The number of aromatic nitrogens is 1.